The average Bonchev–Trinajstić information content (AvgIpc) is 2.94. The molecule has 0 aliphatic heterocycles. The van der Waals surface area contributed by atoms with Crippen LogP contribution in [0.5, 0.6) is 0 Å². The molecular formula is C31H38N4O4. The Bertz CT molecular complexity index is 1200. The standard InChI is InChI=1S/C31H38N4O4/c1-22-13-12-14-23(2)28(22)35-30(37)32-20-11-10-19-27(29(36)33-24(3)26-17-8-5-9-18-26)34-31(38)39-21-25-15-6-4-7-16-25/h4-9,12-18,24,27H,10-11,19-21H2,1-3H3,(H,33,36)(H,34,38)(H2,32,35,37). The number of ether oxygens (including phenoxy) is 1. The van der Waals surface area contributed by atoms with E-state index in [0.717, 1.165) is 27.9 Å². The van der Waals surface area contributed by atoms with Gasteiger partial charge in [-0.05, 0) is 62.3 Å². The third-order valence-corrected chi connectivity index (χ3v) is 6.40. The van der Waals surface area contributed by atoms with Crippen LogP contribution in [0.15, 0.2) is 78.9 Å². The second-order valence-electron chi connectivity index (χ2n) is 9.54. The van der Waals surface area contributed by atoms with Crippen LogP contribution in [0.2, 0.25) is 0 Å². The molecule has 206 valence electrons. The molecule has 0 aliphatic carbocycles. The van der Waals surface area contributed by atoms with Crippen molar-refractivity contribution < 1.29 is 19.1 Å². The van der Waals surface area contributed by atoms with Crippen molar-refractivity contribution in [2.45, 2.75) is 58.7 Å². The monoisotopic (exact) mass is 530 g/mol. The lowest BCUT2D eigenvalue weighted by atomic mass is 10.1. The summed E-state index contributed by atoms with van der Waals surface area (Å²) in [5, 5.41) is 11.5. The SMILES string of the molecule is Cc1cccc(C)c1NC(=O)NCCCCC(NC(=O)OCc1ccccc1)C(=O)NC(C)c1ccccc1. The largest absolute Gasteiger partial charge is 0.445 e. The maximum atomic E-state index is 13.1. The van der Waals surface area contributed by atoms with Gasteiger partial charge in [-0.3, -0.25) is 4.79 Å². The lowest BCUT2D eigenvalue weighted by molar-refractivity contribution is -0.123. The third kappa shape index (κ3) is 9.81. The summed E-state index contributed by atoms with van der Waals surface area (Å²) >= 11 is 0. The van der Waals surface area contributed by atoms with E-state index in [0.29, 0.717) is 25.8 Å². The van der Waals surface area contributed by atoms with Crippen LogP contribution >= 0.6 is 0 Å². The fourth-order valence-corrected chi connectivity index (χ4v) is 4.16. The molecule has 0 aliphatic rings. The first-order chi connectivity index (χ1) is 18.8. The summed E-state index contributed by atoms with van der Waals surface area (Å²) in [4.78, 5) is 38.0. The normalized spacial score (nSPS) is 12.1. The summed E-state index contributed by atoms with van der Waals surface area (Å²) in [5.41, 5.74) is 4.62. The number of carbonyl (C=O) groups is 3. The van der Waals surface area contributed by atoms with Crippen molar-refractivity contribution in [1.29, 1.82) is 0 Å². The molecule has 4 N–H and O–H groups in total. The first kappa shape index (κ1) is 29.2. The first-order valence-corrected chi connectivity index (χ1v) is 13.3. The molecule has 3 aromatic rings. The fraction of sp³-hybridized carbons (Fsp3) is 0.323. The summed E-state index contributed by atoms with van der Waals surface area (Å²) in [6, 6.07) is 23.6. The van der Waals surface area contributed by atoms with Gasteiger partial charge < -0.3 is 26.0 Å². The van der Waals surface area contributed by atoms with Crippen LogP contribution in [0.25, 0.3) is 0 Å². The second-order valence-corrected chi connectivity index (χ2v) is 9.54. The summed E-state index contributed by atoms with van der Waals surface area (Å²) in [5.74, 6) is -0.288. The van der Waals surface area contributed by atoms with E-state index in [1.54, 1.807) is 0 Å². The zero-order valence-corrected chi connectivity index (χ0v) is 22.8. The summed E-state index contributed by atoms with van der Waals surface area (Å²) in [6.07, 6.45) is 0.991. The minimum absolute atomic E-state index is 0.112. The number of amides is 4. The molecule has 4 amide bonds. The van der Waals surface area contributed by atoms with Gasteiger partial charge in [0.1, 0.15) is 12.6 Å². The van der Waals surface area contributed by atoms with E-state index in [2.05, 4.69) is 21.3 Å². The van der Waals surface area contributed by atoms with Crippen molar-refractivity contribution in [2.75, 3.05) is 11.9 Å². The van der Waals surface area contributed by atoms with Crippen LogP contribution < -0.4 is 21.3 Å². The average molecular weight is 531 g/mol. The Kier molecular flexibility index (Phi) is 11.4. The predicted octanol–water partition coefficient (Wildman–Crippen LogP) is 5.77. The van der Waals surface area contributed by atoms with Gasteiger partial charge in [0.25, 0.3) is 0 Å². The minimum atomic E-state index is -0.775. The van der Waals surface area contributed by atoms with E-state index in [1.165, 1.54) is 0 Å². The molecule has 39 heavy (non-hydrogen) atoms. The summed E-state index contributed by atoms with van der Waals surface area (Å²) in [6.45, 7) is 6.34. The molecule has 0 saturated carbocycles. The number of alkyl carbamates (subject to hydrolysis) is 1. The van der Waals surface area contributed by atoms with Crippen LogP contribution in [-0.2, 0) is 16.1 Å². The van der Waals surface area contributed by atoms with Crippen molar-refractivity contribution >= 4 is 23.7 Å². The number of urea groups is 1. The highest BCUT2D eigenvalue weighted by Crippen LogP contribution is 2.19. The number of hydrogen-bond donors (Lipinski definition) is 4. The molecule has 0 radical (unpaired) electrons. The summed E-state index contributed by atoms with van der Waals surface area (Å²) < 4.78 is 5.34. The van der Waals surface area contributed by atoms with Gasteiger partial charge in [-0.25, -0.2) is 9.59 Å². The van der Waals surface area contributed by atoms with Crippen molar-refractivity contribution in [3.8, 4) is 0 Å². The van der Waals surface area contributed by atoms with Crippen LogP contribution in [0, 0.1) is 13.8 Å². The molecule has 2 atom stereocenters. The number of nitrogens with one attached hydrogen (secondary N) is 4. The smallest absolute Gasteiger partial charge is 0.408 e. The van der Waals surface area contributed by atoms with Crippen molar-refractivity contribution in [1.82, 2.24) is 16.0 Å². The van der Waals surface area contributed by atoms with Crippen molar-refractivity contribution in [3.63, 3.8) is 0 Å². The van der Waals surface area contributed by atoms with Crippen LogP contribution in [0.4, 0.5) is 15.3 Å². The number of benzene rings is 3. The Balaban J connectivity index is 1.50. The number of aryl methyl sites for hydroxylation is 2. The van der Waals surface area contributed by atoms with Gasteiger partial charge in [-0.1, -0.05) is 78.9 Å². The van der Waals surface area contributed by atoms with E-state index in [1.807, 2.05) is 99.6 Å². The molecule has 3 aromatic carbocycles. The molecule has 0 spiro atoms. The second kappa shape index (κ2) is 15.2. The molecule has 2 unspecified atom stereocenters. The quantitative estimate of drug-likeness (QED) is 0.223. The van der Waals surface area contributed by atoms with E-state index >= 15 is 0 Å². The lowest BCUT2D eigenvalue weighted by Crippen LogP contribution is -2.47. The van der Waals surface area contributed by atoms with E-state index in [4.69, 9.17) is 4.74 Å². The molecule has 3 rings (SSSR count). The maximum Gasteiger partial charge on any atom is 0.408 e. The highest BCUT2D eigenvalue weighted by Gasteiger charge is 2.23. The third-order valence-electron chi connectivity index (χ3n) is 6.40. The van der Waals surface area contributed by atoms with E-state index in [-0.39, 0.29) is 24.6 Å². The number of anilines is 1. The van der Waals surface area contributed by atoms with Gasteiger partial charge in [0.05, 0.1) is 6.04 Å². The number of carbonyl (C=O) groups excluding carboxylic acids is 3. The number of hydrogen-bond acceptors (Lipinski definition) is 4. The molecule has 0 fully saturated rings. The van der Waals surface area contributed by atoms with Gasteiger partial charge in [0.2, 0.25) is 5.91 Å². The van der Waals surface area contributed by atoms with E-state index in [9.17, 15) is 14.4 Å². The zero-order chi connectivity index (χ0) is 28.0. The van der Waals surface area contributed by atoms with Gasteiger partial charge in [-0.15, -0.1) is 0 Å². The number of para-hydroxylation sites is 1. The topological polar surface area (TPSA) is 109 Å². The Hall–Kier alpha value is -4.33. The highest BCUT2D eigenvalue weighted by atomic mass is 16.5. The van der Waals surface area contributed by atoms with E-state index < -0.39 is 12.1 Å². The molecular weight excluding hydrogens is 492 g/mol. The van der Waals surface area contributed by atoms with Crippen molar-refractivity contribution in [2.24, 2.45) is 0 Å². The lowest BCUT2D eigenvalue weighted by Gasteiger charge is -2.21. The predicted molar refractivity (Wildman–Crippen MR) is 153 cm³/mol. The minimum Gasteiger partial charge on any atom is -0.445 e. The van der Waals surface area contributed by atoms with Crippen molar-refractivity contribution in [3.05, 3.63) is 101 Å². The van der Waals surface area contributed by atoms with Gasteiger partial charge >= 0.3 is 12.1 Å². The van der Waals surface area contributed by atoms with Gasteiger partial charge in [-0.2, -0.15) is 0 Å². The Morgan fingerprint density at radius 1 is 0.795 bits per heavy atom. The summed E-state index contributed by atoms with van der Waals surface area (Å²) in [7, 11) is 0. The maximum absolute atomic E-state index is 13.1. The zero-order valence-electron chi connectivity index (χ0n) is 22.8. The highest BCUT2D eigenvalue weighted by molar-refractivity contribution is 5.91. The molecule has 8 heteroatoms. The Morgan fingerprint density at radius 3 is 2.10 bits per heavy atom. The fourth-order valence-electron chi connectivity index (χ4n) is 4.16. The molecule has 0 heterocycles. The van der Waals surface area contributed by atoms with Crippen LogP contribution in [-0.4, -0.2) is 30.6 Å². The Labute approximate surface area is 230 Å². The van der Waals surface area contributed by atoms with Gasteiger partial charge in [0.15, 0.2) is 0 Å². The molecule has 0 saturated heterocycles. The molecule has 0 bridgehead atoms. The Morgan fingerprint density at radius 2 is 1.44 bits per heavy atom. The first-order valence-electron chi connectivity index (χ1n) is 13.3. The number of unbranched alkanes of at least 4 members (excludes halogenated alkanes) is 1. The molecule has 8 nitrogen and oxygen atoms in total. The molecule has 0 aromatic heterocycles. The number of rotatable bonds is 12. The van der Waals surface area contributed by atoms with Crippen LogP contribution in [0.3, 0.4) is 0 Å². The van der Waals surface area contributed by atoms with Crippen LogP contribution in [0.1, 0.15) is 54.5 Å². The van der Waals surface area contributed by atoms with Gasteiger partial charge in [0, 0.05) is 12.2 Å².